The number of aromatic nitrogens is 1. The molecule has 2 N–H and O–H groups in total. The van der Waals surface area contributed by atoms with E-state index in [1.807, 2.05) is 30.3 Å². The minimum Gasteiger partial charge on any atom is -0.457 e. The maximum Gasteiger partial charge on any atom is 0.272 e. The summed E-state index contributed by atoms with van der Waals surface area (Å²) in [6.07, 6.45) is 3.28. The number of hydrogen-bond donors (Lipinski definition) is 1. The molecule has 0 unspecified atom stereocenters. The van der Waals surface area contributed by atoms with Gasteiger partial charge in [0.15, 0.2) is 0 Å². The number of benzene rings is 1. The molecule has 7 heteroatoms. The van der Waals surface area contributed by atoms with E-state index in [1.54, 1.807) is 23.2 Å². The molecule has 0 spiro atoms. The van der Waals surface area contributed by atoms with Gasteiger partial charge in [0.1, 0.15) is 17.2 Å². The second kappa shape index (κ2) is 9.47. The SMILES string of the molecule is Cl.Cl.NC1CCN(C(=O)c2cc(Oc3ccccc3)ccn2)CC1. The molecule has 2 aromatic rings. The molecule has 5 nitrogen and oxygen atoms in total. The molecule has 1 aliphatic rings. The number of halogens is 2. The van der Waals surface area contributed by atoms with E-state index in [0.29, 0.717) is 24.5 Å². The van der Waals surface area contributed by atoms with Crippen LogP contribution in [-0.4, -0.2) is 34.9 Å². The maximum atomic E-state index is 12.5. The maximum absolute atomic E-state index is 12.5. The Morgan fingerprint density at radius 3 is 2.42 bits per heavy atom. The predicted molar refractivity (Wildman–Crippen MR) is 98.4 cm³/mol. The minimum atomic E-state index is -0.0644. The number of amides is 1. The van der Waals surface area contributed by atoms with Crippen LogP contribution in [0.25, 0.3) is 0 Å². The van der Waals surface area contributed by atoms with Gasteiger partial charge in [-0.1, -0.05) is 18.2 Å². The highest BCUT2D eigenvalue weighted by molar-refractivity contribution is 5.92. The summed E-state index contributed by atoms with van der Waals surface area (Å²) < 4.78 is 5.74. The molecule has 1 amide bonds. The Morgan fingerprint density at radius 2 is 1.75 bits per heavy atom. The van der Waals surface area contributed by atoms with Crippen molar-refractivity contribution in [2.24, 2.45) is 5.73 Å². The van der Waals surface area contributed by atoms with Crippen LogP contribution in [0.15, 0.2) is 48.7 Å². The van der Waals surface area contributed by atoms with Crippen molar-refractivity contribution in [2.75, 3.05) is 13.1 Å². The number of rotatable bonds is 3. The Morgan fingerprint density at radius 1 is 1.08 bits per heavy atom. The second-order valence-electron chi connectivity index (χ2n) is 5.42. The fourth-order valence-corrected chi connectivity index (χ4v) is 2.48. The molecule has 0 saturated carbocycles. The van der Waals surface area contributed by atoms with Crippen molar-refractivity contribution in [3.8, 4) is 11.5 Å². The molecule has 130 valence electrons. The summed E-state index contributed by atoms with van der Waals surface area (Å²) in [5.41, 5.74) is 6.28. The third-order valence-corrected chi connectivity index (χ3v) is 3.76. The van der Waals surface area contributed by atoms with Gasteiger partial charge in [0.25, 0.3) is 5.91 Å². The first-order chi connectivity index (χ1) is 10.7. The quantitative estimate of drug-likeness (QED) is 0.900. The van der Waals surface area contributed by atoms with Crippen molar-refractivity contribution in [3.05, 3.63) is 54.4 Å². The summed E-state index contributed by atoms with van der Waals surface area (Å²) in [5, 5.41) is 0. The predicted octanol–water partition coefficient (Wildman–Crippen LogP) is 3.28. The fourth-order valence-electron chi connectivity index (χ4n) is 2.48. The summed E-state index contributed by atoms with van der Waals surface area (Å²) in [5.74, 6) is 1.28. The van der Waals surface area contributed by atoms with E-state index >= 15 is 0 Å². The van der Waals surface area contributed by atoms with Gasteiger partial charge >= 0.3 is 0 Å². The molecule has 0 atom stereocenters. The van der Waals surface area contributed by atoms with Crippen LogP contribution in [0.1, 0.15) is 23.3 Å². The Hall–Kier alpha value is -1.82. The van der Waals surface area contributed by atoms with Crippen LogP contribution < -0.4 is 10.5 Å². The Labute approximate surface area is 154 Å². The molecule has 2 heterocycles. The summed E-state index contributed by atoms with van der Waals surface area (Å²) in [7, 11) is 0. The number of nitrogens with zero attached hydrogens (tertiary/aromatic N) is 2. The molecule has 1 aromatic carbocycles. The second-order valence-corrected chi connectivity index (χ2v) is 5.42. The van der Waals surface area contributed by atoms with Crippen LogP contribution in [0.2, 0.25) is 0 Å². The van der Waals surface area contributed by atoms with Crippen LogP contribution in [-0.2, 0) is 0 Å². The van der Waals surface area contributed by atoms with Crippen LogP contribution in [0.4, 0.5) is 0 Å². The zero-order valence-electron chi connectivity index (χ0n) is 13.1. The lowest BCUT2D eigenvalue weighted by molar-refractivity contribution is 0.0708. The number of piperidine rings is 1. The van der Waals surface area contributed by atoms with Gasteiger partial charge in [-0.15, -0.1) is 24.8 Å². The number of likely N-dealkylation sites (tertiary alicyclic amines) is 1. The lowest BCUT2D eigenvalue weighted by Gasteiger charge is -2.29. The van der Waals surface area contributed by atoms with Gasteiger partial charge in [-0.3, -0.25) is 9.78 Å². The highest BCUT2D eigenvalue weighted by Gasteiger charge is 2.22. The largest absolute Gasteiger partial charge is 0.457 e. The van der Waals surface area contributed by atoms with Crippen molar-refractivity contribution in [1.82, 2.24) is 9.88 Å². The Kier molecular flexibility index (Phi) is 7.98. The van der Waals surface area contributed by atoms with E-state index in [1.165, 1.54) is 0 Å². The zero-order valence-corrected chi connectivity index (χ0v) is 14.8. The molecular weight excluding hydrogens is 349 g/mol. The first kappa shape index (κ1) is 20.2. The Bertz CT molecular complexity index is 647. The van der Waals surface area contributed by atoms with E-state index in [4.69, 9.17) is 10.5 Å². The number of ether oxygens (including phenoxy) is 1. The van der Waals surface area contributed by atoms with Crippen LogP contribution >= 0.6 is 24.8 Å². The number of carbonyl (C=O) groups is 1. The molecule has 1 fully saturated rings. The lowest BCUT2D eigenvalue weighted by Crippen LogP contribution is -2.43. The van der Waals surface area contributed by atoms with Gasteiger partial charge in [-0.25, -0.2) is 0 Å². The van der Waals surface area contributed by atoms with Crippen molar-refractivity contribution in [2.45, 2.75) is 18.9 Å². The number of nitrogens with two attached hydrogens (primary N) is 1. The number of hydrogen-bond acceptors (Lipinski definition) is 4. The normalized spacial score (nSPS) is 14.3. The third kappa shape index (κ3) is 5.09. The molecular formula is C17H21Cl2N3O2. The van der Waals surface area contributed by atoms with Gasteiger partial charge in [0.2, 0.25) is 0 Å². The Balaban J connectivity index is 0.00000144. The van der Waals surface area contributed by atoms with E-state index in [0.717, 1.165) is 18.6 Å². The molecule has 1 aromatic heterocycles. The van der Waals surface area contributed by atoms with Crippen molar-refractivity contribution in [1.29, 1.82) is 0 Å². The van der Waals surface area contributed by atoms with Crippen molar-refractivity contribution < 1.29 is 9.53 Å². The fraction of sp³-hybridized carbons (Fsp3) is 0.294. The average Bonchev–Trinajstić information content (AvgIpc) is 2.56. The van der Waals surface area contributed by atoms with Gasteiger partial charge < -0.3 is 15.4 Å². The van der Waals surface area contributed by atoms with E-state index < -0.39 is 0 Å². The van der Waals surface area contributed by atoms with Gasteiger partial charge in [0.05, 0.1) is 0 Å². The van der Waals surface area contributed by atoms with Crippen LogP contribution in [0.3, 0.4) is 0 Å². The van der Waals surface area contributed by atoms with Crippen LogP contribution in [0, 0.1) is 0 Å². The van der Waals surface area contributed by atoms with Gasteiger partial charge in [-0.05, 0) is 31.0 Å². The van der Waals surface area contributed by atoms with Crippen molar-refractivity contribution in [3.63, 3.8) is 0 Å². The monoisotopic (exact) mass is 369 g/mol. The summed E-state index contributed by atoms with van der Waals surface area (Å²) >= 11 is 0. The standard InChI is InChI=1S/C17H19N3O2.2ClH/c18-13-7-10-20(11-8-13)17(21)16-12-15(6-9-19-16)22-14-4-2-1-3-5-14;;/h1-6,9,12-13H,7-8,10-11,18H2;2*1H. The average molecular weight is 370 g/mol. The highest BCUT2D eigenvalue weighted by Crippen LogP contribution is 2.21. The topological polar surface area (TPSA) is 68.5 Å². The van der Waals surface area contributed by atoms with Crippen LogP contribution in [0.5, 0.6) is 11.5 Å². The summed E-state index contributed by atoms with van der Waals surface area (Å²) in [6, 6.07) is 13.1. The molecule has 0 bridgehead atoms. The molecule has 1 aliphatic heterocycles. The minimum absolute atomic E-state index is 0. The summed E-state index contributed by atoms with van der Waals surface area (Å²) in [4.78, 5) is 18.5. The van der Waals surface area contributed by atoms with Gasteiger partial charge in [-0.2, -0.15) is 0 Å². The van der Waals surface area contributed by atoms with E-state index in [-0.39, 0.29) is 36.8 Å². The highest BCUT2D eigenvalue weighted by atomic mass is 35.5. The molecule has 3 rings (SSSR count). The zero-order chi connectivity index (χ0) is 15.4. The summed E-state index contributed by atoms with van der Waals surface area (Å²) in [6.45, 7) is 1.37. The smallest absolute Gasteiger partial charge is 0.272 e. The number of carbonyl (C=O) groups excluding carboxylic acids is 1. The number of para-hydroxylation sites is 1. The molecule has 1 saturated heterocycles. The van der Waals surface area contributed by atoms with E-state index in [2.05, 4.69) is 4.98 Å². The molecule has 0 aliphatic carbocycles. The number of pyridine rings is 1. The van der Waals surface area contributed by atoms with Crippen molar-refractivity contribution >= 4 is 30.7 Å². The lowest BCUT2D eigenvalue weighted by atomic mass is 10.1. The molecule has 0 radical (unpaired) electrons. The first-order valence-corrected chi connectivity index (χ1v) is 7.46. The van der Waals surface area contributed by atoms with Gasteiger partial charge in [0, 0.05) is 31.4 Å². The third-order valence-electron chi connectivity index (χ3n) is 3.76. The molecule has 24 heavy (non-hydrogen) atoms. The van der Waals surface area contributed by atoms with E-state index in [9.17, 15) is 4.79 Å². The first-order valence-electron chi connectivity index (χ1n) is 7.46.